The molecule has 0 aliphatic carbocycles. The van der Waals surface area contributed by atoms with Crippen molar-refractivity contribution >= 4 is 23.1 Å². The van der Waals surface area contributed by atoms with Crippen LogP contribution in [-0.4, -0.2) is 30.0 Å². The molecule has 34 heavy (non-hydrogen) atoms. The first-order valence-electron chi connectivity index (χ1n) is 11.1. The molecule has 1 fully saturated rings. The van der Waals surface area contributed by atoms with Crippen LogP contribution in [0.3, 0.4) is 0 Å². The number of hydrogen-bond donors (Lipinski definition) is 1. The molecular weight excluding hydrogens is 430 g/mol. The number of para-hydroxylation sites is 2. The van der Waals surface area contributed by atoms with Gasteiger partial charge < -0.3 is 14.6 Å². The Balaban J connectivity index is 1.92. The maximum atomic E-state index is 13.3. The number of hydrogen-bond acceptors (Lipinski definition) is 5. The highest BCUT2D eigenvalue weighted by Gasteiger charge is 2.48. The van der Waals surface area contributed by atoms with E-state index >= 15 is 0 Å². The molecule has 1 heterocycles. The van der Waals surface area contributed by atoms with Gasteiger partial charge in [0.15, 0.2) is 0 Å². The highest BCUT2D eigenvalue weighted by atomic mass is 16.5. The summed E-state index contributed by atoms with van der Waals surface area (Å²) in [6, 6.07) is 20.5. The van der Waals surface area contributed by atoms with Gasteiger partial charge in [-0.05, 0) is 62.7 Å². The fourth-order valence-electron chi connectivity index (χ4n) is 4.22. The van der Waals surface area contributed by atoms with Gasteiger partial charge in [-0.1, -0.05) is 36.4 Å². The quantitative estimate of drug-likeness (QED) is 0.304. The Morgan fingerprint density at radius 1 is 0.941 bits per heavy atom. The molecule has 1 N–H and O–H groups in total. The fraction of sp³-hybridized carbons (Fsp3) is 0.214. The molecule has 3 aromatic rings. The van der Waals surface area contributed by atoms with Gasteiger partial charge in [-0.2, -0.15) is 0 Å². The normalized spacial score (nSPS) is 17.3. The van der Waals surface area contributed by atoms with E-state index in [-0.39, 0.29) is 17.4 Å². The lowest BCUT2D eigenvalue weighted by Crippen LogP contribution is -2.30. The third kappa shape index (κ3) is 4.15. The number of carbonyl (C=O) groups is 2. The number of aliphatic hydroxyl groups excluding tert-OH is 1. The average Bonchev–Trinajstić information content (AvgIpc) is 3.09. The van der Waals surface area contributed by atoms with Gasteiger partial charge in [0.25, 0.3) is 11.7 Å². The predicted octanol–water partition coefficient (Wildman–Crippen LogP) is 5.42. The summed E-state index contributed by atoms with van der Waals surface area (Å²) in [5.74, 6) is -0.542. The van der Waals surface area contributed by atoms with Gasteiger partial charge in [0.1, 0.15) is 17.3 Å². The van der Waals surface area contributed by atoms with Gasteiger partial charge in [0, 0.05) is 16.8 Å². The smallest absolute Gasteiger partial charge is 0.300 e. The molecule has 174 valence electrons. The van der Waals surface area contributed by atoms with E-state index in [9.17, 15) is 14.7 Å². The summed E-state index contributed by atoms with van der Waals surface area (Å²) >= 11 is 0. The lowest BCUT2D eigenvalue weighted by atomic mass is 9.94. The molecule has 0 bridgehead atoms. The second-order valence-electron chi connectivity index (χ2n) is 8.39. The van der Waals surface area contributed by atoms with Crippen molar-refractivity contribution in [1.29, 1.82) is 0 Å². The van der Waals surface area contributed by atoms with Crippen molar-refractivity contribution in [2.75, 3.05) is 12.0 Å². The van der Waals surface area contributed by atoms with Crippen molar-refractivity contribution < 1.29 is 24.2 Å². The first-order valence-corrected chi connectivity index (χ1v) is 11.1. The standard InChI is InChI=1S/C28H27NO5/c1-17(2)34-20-15-13-19(14-16-20)26(30)24-25(21-10-6-8-12-23(21)33-4)29(28(32)27(24)31)22-11-7-5-9-18(22)3/h5-17,25,30H,1-4H3/b26-24+. The molecule has 1 amide bonds. The van der Waals surface area contributed by atoms with Gasteiger partial charge >= 0.3 is 0 Å². The lowest BCUT2D eigenvalue weighted by molar-refractivity contribution is -0.132. The van der Waals surface area contributed by atoms with Gasteiger partial charge in [0.05, 0.1) is 24.8 Å². The summed E-state index contributed by atoms with van der Waals surface area (Å²) in [6.07, 6.45) is 0.00410. The van der Waals surface area contributed by atoms with Gasteiger partial charge in [-0.25, -0.2) is 0 Å². The number of benzene rings is 3. The minimum absolute atomic E-state index is 0.00410. The van der Waals surface area contributed by atoms with Crippen LogP contribution in [0.25, 0.3) is 5.76 Å². The molecule has 0 radical (unpaired) electrons. The monoisotopic (exact) mass is 457 g/mol. The molecule has 1 saturated heterocycles. The number of carbonyl (C=O) groups excluding carboxylic acids is 2. The summed E-state index contributed by atoms with van der Waals surface area (Å²) < 4.78 is 11.2. The number of anilines is 1. The number of aryl methyl sites for hydroxylation is 1. The molecule has 4 rings (SSSR count). The Morgan fingerprint density at radius 2 is 1.59 bits per heavy atom. The lowest BCUT2D eigenvalue weighted by Gasteiger charge is -2.27. The van der Waals surface area contributed by atoms with E-state index in [1.165, 1.54) is 12.0 Å². The molecule has 1 unspecified atom stereocenters. The van der Waals surface area contributed by atoms with E-state index < -0.39 is 17.7 Å². The van der Waals surface area contributed by atoms with Crippen LogP contribution in [0.4, 0.5) is 5.69 Å². The summed E-state index contributed by atoms with van der Waals surface area (Å²) in [4.78, 5) is 28.1. The first-order chi connectivity index (χ1) is 16.3. The van der Waals surface area contributed by atoms with Crippen LogP contribution in [0.5, 0.6) is 11.5 Å². The predicted molar refractivity (Wildman–Crippen MR) is 131 cm³/mol. The molecule has 0 aromatic heterocycles. The second-order valence-corrected chi connectivity index (χ2v) is 8.39. The van der Waals surface area contributed by atoms with Crippen molar-refractivity contribution in [2.24, 2.45) is 0 Å². The fourth-order valence-corrected chi connectivity index (χ4v) is 4.22. The Hall–Kier alpha value is -4.06. The minimum Gasteiger partial charge on any atom is -0.507 e. The van der Waals surface area contributed by atoms with Crippen LogP contribution in [0.2, 0.25) is 0 Å². The molecular formula is C28H27NO5. The van der Waals surface area contributed by atoms with E-state index in [0.29, 0.717) is 28.3 Å². The number of rotatable bonds is 6. The van der Waals surface area contributed by atoms with Gasteiger partial charge in [-0.3, -0.25) is 14.5 Å². The third-order valence-corrected chi connectivity index (χ3v) is 5.75. The van der Waals surface area contributed by atoms with Crippen LogP contribution in [0, 0.1) is 6.92 Å². The van der Waals surface area contributed by atoms with Crippen molar-refractivity contribution in [3.8, 4) is 11.5 Å². The third-order valence-electron chi connectivity index (χ3n) is 5.75. The van der Waals surface area contributed by atoms with E-state index in [1.807, 2.05) is 51.1 Å². The Kier molecular flexibility index (Phi) is 6.41. The molecule has 0 spiro atoms. The number of ketones is 1. The SMILES string of the molecule is COc1ccccc1C1/C(=C(\O)c2ccc(OC(C)C)cc2)C(=O)C(=O)N1c1ccccc1C. The number of nitrogens with zero attached hydrogens (tertiary/aromatic N) is 1. The summed E-state index contributed by atoms with van der Waals surface area (Å²) in [7, 11) is 1.53. The van der Waals surface area contributed by atoms with E-state index in [1.54, 1.807) is 42.5 Å². The first kappa shape index (κ1) is 23.1. The molecule has 6 heteroatoms. The van der Waals surface area contributed by atoms with E-state index in [2.05, 4.69) is 0 Å². The highest BCUT2D eigenvalue weighted by Crippen LogP contribution is 2.45. The maximum absolute atomic E-state index is 13.3. The number of ether oxygens (including phenoxy) is 2. The molecule has 1 aliphatic rings. The zero-order valence-corrected chi connectivity index (χ0v) is 19.6. The van der Waals surface area contributed by atoms with Crippen LogP contribution < -0.4 is 14.4 Å². The molecule has 3 aromatic carbocycles. The van der Waals surface area contributed by atoms with Crippen LogP contribution in [0.15, 0.2) is 78.4 Å². The minimum atomic E-state index is -0.858. The average molecular weight is 458 g/mol. The van der Waals surface area contributed by atoms with Crippen molar-refractivity contribution in [3.63, 3.8) is 0 Å². The van der Waals surface area contributed by atoms with Gasteiger partial charge in [0.2, 0.25) is 0 Å². The summed E-state index contributed by atoms with van der Waals surface area (Å²) in [5.41, 5.74) is 2.46. The summed E-state index contributed by atoms with van der Waals surface area (Å²) in [5, 5.41) is 11.3. The van der Waals surface area contributed by atoms with E-state index in [4.69, 9.17) is 9.47 Å². The maximum Gasteiger partial charge on any atom is 0.300 e. The highest BCUT2D eigenvalue weighted by molar-refractivity contribution is 6.51. The Labute approximate surface area is 199 Å². The molecule has 0 saturated carbocycles. The van der Waals surface area contributed by atoms with Crippen LogP contribution >= 0.6 is 0 Å². The number of aliphatic hydroxyl groups is 1. The number of amides is 1. The topological polar surface area (TPSA) is 76.1 Å². The Morgan fingerprint density at radius 3 is 2.24 bits per heavy atom. The molecule has 1 atom stereocenters. The van der Waals surface area contributed by atoms with Crippen LogP contribution in [0.1, 0.15) is 36.6 Å². The van der Waals surface area contributed by atoms with Crippen molar-refractivity contribution in [2.45, 2.75) is 32.9 Å². The van der Waals surface area contributed by atoms with E-state index in [0.717, 1.165) is 5.56 Å². The molecule has 1 aliphatic heterocycles. The van der Waals surface area contributed by atoms with Gasteiger partial charge in [-0.15, -0.1) is 0 Å². The largest absolute Gasteiger partial charge is 0.507 e. The summed E-state index contributed by atoms with van der Waals surface area (Å²) in [6.45, 7) is 5.73. The van der Waals surface area contributed by atoms with Crippen molar-refractivity contribution in [1.82, 2.24) is 0 Å². The number of Topliss-reactive ketones (excluding diaryl/α,β-unsaturated/α-hetero) is 1. The zero-order chi connectivity index (χ0) is 24.4. The van der Waals surface area contributed by atoms with Crippen molar-refractivity contribution in [3.05, 3.63) is 95.1 Å². The zero-order valence-electron chi connectivity index (χ0n) is 19.6. The second kappa shape index (κ2) is 9.43. The van der Waals surface area contributed by atoms with Crippen LogP contribution in [-0.2, 0) is 9.59 Å². The Bertz CT molecular complexity index is 1260. The number of methoxy groups -OCH3 is 1. The molecule has 6 nitrogen and oxygen atoms in total.